The number of hydrogen-bond acceptors (Lipinski definition) is 0. The van der Waals surface area contributed by atoms with Gasteiger partial charge in [-0.2, -0.15) is 0 Å². The van der Waals surface area contributed by atoms with Crippen LogP contribution >= 0.6 is 0 Å². The normalized spacial score (nSPS) is 17.1. The third-order valence-electron chi connectivity index (χ3n) is 7.62. The van der Waals surface area contributed by atoms with Gasteiger partial charge in [-0.1, -0.05) is 98.9 Å². The third-order valence-corrected chi connectivity index (χ3v) is 7.62. The molecule has 184 valence electrons. The molecule has 6 rings (SSSR count). The Balaban J connectivity index is 1.45. The number of benzene rings is 2. The van der Waals surface area contributed by atoms with Gasteiger partial charge in [-0.05, 0) is 61.6 Å². The third kappa shape index (κ3) is 4.17. The van der Waals surface area contributed by atoms with Gasteiger partial charge in [0.1, 0.15) is 0 Å². The Kier molecular flexibility index (Phi) is 6.40. The van der Waals surface area contributed by atoms with Gasteiger partial charge in [0.05, 0.1) is 11.7 Å². The molecule has 1 unspecified atom stereocenters. The van der Waals surface area contributed by atoms with Gasteiger partial charge < -0.3 is 9.13 Å². The van der Waals surface area contributed by atoms with Crippen LogP contribution in [-0.4, -0.2) is 9.13 Å². The predicted molar refractivity (Wildman–Crippen MR) is 161 cm³/mol. The molecule has 0 radical (unpaired) electrons. The van der Waals surface area contributed by atoms with Gasteiger partial charge in [0, 0.05) is 38.8 Å². The Morgan fingerprint density at radius 2 is 1.65 bits per heavy atom. The van der Waals surface area contributed by atoms with Crippen molar-refractivity contribution < 1.29 is 0 Å². The molecule has 0 amide bonds. The van der Waals surface area contributed by atoms with E-state index in [1.165, 1.54) is 50.7 Å². The van der Waals surface area contributed by atoms with Crippen molar-refractivity contribution in [1.82, 2.24) is 9.13 Å². The quantitative estimate of drug-likeness (QED) is 0.242. The first-order valence-corrected chi connectivity index (χ1v) is 13.6. The van der Waals surface area contributed by atoms with Crippen LogP contribution in [0.3, 0.4) is 0 Å². The Labute approximate surface area is 219 Å². The van der Waals surface area contributed by atoms with Crippen molar-refractivity contribution >= 4 is 45.7 Å². The summed E-state index contributed by atoms with van der Waals surface area (Å²) < 4.78 is 4.89. The molecule has 2 nitrogen and oxygen atoms in total. The Morgan fingerprint density at radius 3 is 2.41 bits per heavy atom. The van der Waals surface area contributed by atoms with Gasteiger partial charge in [-0.3, -0.25) is 0 Å². The highest BCUT2D eigenvalue weighted by molar-refractivity contribution is 6.08. The average molecular weight is 483 g/mol. The largest absolute Gasteiger partial charge is 0.333 e. The average Bonchev–Trinajstić information content (AvgIpc) is 3.15. The van der Waals surface area contributed by atoms with Gasteiger partial charge in [0.15, 0.2) is 0 Å². The number of fused-ring (bicyclic) bond motifs is 6. The molecule has 2 heteroatoms. The second-order valence-electron chi connectivity index (χ2n) is 9.98. The molecule has 4 aromatic rings. The van der Waals surface area contributed by atoms with E-state index >= 15 is 0 Å². The monoisotopic (exact) mass is 482 g/mol. The van der Waals surface area contributed by atoms with Crippen LogP contribution in [0.4, 0.5) is 0 Å². The van der Waals surface area contributed by atoms with Crippen LogP contribution in [0, 0.1) is 0 Å². The summed E-state index contributed by atoms with van der Waals surface area (Å²) in [7, 11) is 0. The van der Waals surface area contributed by atoms with Gasteiger partial charge in [-0.25, -0.2) is 0 Å². The zero-order valence-electron chi connectivity index (χ0n) is 21.6. The second kappa shape index (κ2) is 10.1. The second-order valence-corrected chi connectivity index (χ2v) is 9.98. The molecule has 0 saturated heterocycles. The molecule has 2 aromatic carbocycles. The molecule has 1 atom stereocenters. The minimum absolute atomic E-state index is 0.285. The lowest BCUT2D eigenvalue weighted by Gasteiger charge is -2.17. The number of nitrogens with zero attached hydrogens (tertiary/aromatic N) is 2. The molecular formula is C35H34N2. The fourth-order valence-corrected chi connectivity index (χ4v) is 5.92. The van der Waals surface area contributed by atoms with E-state index in [2.05, 4.69) is 132 Å². The lowest BCUT2D eigenvalue weighted by Crippen LogP contribution is -2.07. The van der Waals surface area contributed by atoms with E-state index in [0.717, 1.165) is 31.4 Å². The Bertz CT molecular complexity index is 1570. The molecule has 0 N–H and O–H groups in total. The van der Waals surface area contributed by atoms with E-state index in [4.69, 9.17) is 0 Å². The minimum Gasteiger partial charge on any atom is -0.333 e. The highest BCUT2D eigenvalue weighted by Crippen LogP contribution is 2.39. The summed E-state index contributed by atoms with van der Waals surface area (Å²) in [6, 6.07) is 17.9. The number of aromatic nitrogens is 2. The molecular weight excluding hydrogens is 448 g/mol. The van der Waals surface area contributed by atoms with Crippen LogP contribution in [-0.2, 0) is 6.42 Å². The van der Waals surface area contributed by atoms with Gasteiger partial charge >= 0.3 is 0 Å². The molecule has 0 fully saturated rings. The fourth-order valence-electron chi connectivity index (χ4n) is 5.92. The molecule has 0 saturated carbocycles. The van der Waals surface area contributed by atoms with Crippen LogP contribution in [0.2, 0.25) is 0 Å². The zero-order chi connectivity index (χ0) is 25.2. The van der Waals surface area contributed by atoms with Crippen LogP contribution < -0.4 is 0 Å². The van der Waals surface area contributed by atoms with E-state index in [9.17, 15) is 0 Å². The van der Waals surface area contributed by atoms with Crippen molar-refractivity contribution in [1.29, 1.82) is 0 Å². The first-order chi connectivity index (χ1) is 18.3. The summed E-state index contributed by atoms with van der Waals surface area (Å²) >= 11 is 0. The zero-order valence-corrected chi connectivity index (χ0v) is 21.6. The fraction of sp³-hybridized carbons (Fsp3) is 0.200. The van der Waals surface area contributed by atoms with Crippen molar-refractivity contribution in [3.8, 4) is 0 Å². The standard InChI is InChI=1S/C35H34N2/c1-3-4-5-6-8-15-26(2)36-32-19-10-7-9-16-30(32)31-24-22-27(23-25-35(31)36)37-33-20-13-11-17-28(33)29-18-12-14-21-34(29)37/h5-6,8-21,23,25,27H,2-4,7,22,24H2,1H3/b6-5+,15-8-. The highest BCUT2D eigenvalue weighted by Gasteiger charge is 2.25. The van der Waals surface area contributed by atoms with Gasteiger partial charge in [-0.15, -0.1) is 0 Å². The molecule has 0 aliphatic heterocycles. The first-order valence-electron chi connectivity index (χ1n) is 13.6. The molecule has 37 heavy (non-hydrogen) atoms. The van der Waals surface area contributed by atoms with E-state index in [-0.39, 0.29) is 6.04 Å². The lowest BCUT2D eigenvalue weighted by molar-refractivity contribution is 0.593. The SMILES string of the molecule is C=C(/C=C\C=C\CCC)n1c2c(c3c1C=CC(n1c4ccccc4c4ccccc41)CC3)C=CCC=C2. The molecule has 2 aliphatic rings. The summed E-state index contributed by atoms with van der Waals surface area (Å²) in [5, 5.41) is 2.66. The maximum Gasteiger partial charge on any atom is 0.0534 e. The van der Waals surface area contributed by atoms with Crippen molar-refractivity contribution in [2.24, 2.45) is 0 Å². The summed E-state index contributed by atoms with van der Waals surface area (Å²) in [6.07, 6.45) is 27.8. The number of unbranched alkanes of at least 4 members (excludes halogenated alkanes) is 1. The smallest absolute Gasteiger partial charge is 0.0534 e. The van der Waals surface area contributed by atoms with Crippen molar-refractivity contribution in [3.05, 3.63) is 120 Å². The summed E-state index contributed by atoms with van der Waals surface area (Å²) in [6.45, 7) is 6.69. The highest BCUT2D eigenvalue weighted by atomic mass is 15.0. The molecule has 0 bridgehead atoms. The Morgan fingerprint density at radius 1 is 0.919 bits per heavy atom. The van der Waals surface area contributed by atoms with Crippen LogP contribution in [0.15, 0.2) is 97.6 Å². The van der Waals surface area contributed by atoms with E-state index in [0.29, 0.717) is 0 Å². The minimum atomic E-state index is 0.285. The number of rotatable bonds is 6. The van der Waals surface area contributed by atoms with Crippen LogP contribution in [0.1, 0.15) is 61.2 Å². The maximum absolute atomic E-state index is 4.49. The summed E-state index contributed by atoms with van der Waals surface area (Å²) in [4.78, 5) is 0. The van der Waals surface area contributed by atoms with E-state index in [1.54, 1.807) is 0 Å². The first kappa shape index (κ1) is 23.4. The molecule has 0 spiro atoms. The van der Waals surface area contributed by atoms with Gasteiger partial charge in [0.2, 0.25) is 0 Å². The number of allylic oxidation sites excluding steroid dienone is 8. The van der Waals surface area contributed by atoms with E-state index in [1.807, 2.05) is 0 Å². The van der Waals surface area contributed by atoms with Crippen LogP contribution in [0.25, 0.3) is 45.7 Å². The van der Waals surface area contributed by atoms with Crippen molar-refractivity contribution in [2.45, 2.75) is 45.1 Å². The predicted octanol–water partition coefficient (Wildman–Crippen LogP) is 9.61. The van der Waals surface area contributed by atoms with Gasteiger partial charge in [0.25, 0.3) is 0 Å². The summed E-state index contributed by atoms with van der Waals surface area (Å²) in [5.41, 5.74) is 8.88. The molecule has 2 aliphatic carbocycles. The van der Waals surface area contributed by atoms with Crippen LogP contribution in [0.5, 0.6) is 0 Å². The number of hydrogen-bond donors (Lipinski definition) is 0. The molecule has 2 heterocycles. The molecule has 2 aromatic heterocycles. The topological polar surface area (TPSA) is 9.86 Å². The lowest BCUT2D eigenvalue weighted by atomic mass is 10.0. The summed E-state index contributed by atoms with van der Waals surface area (Å²) in [5.74, 6) is 0. The maximum atomic E-state index is 4.49. The van der Waals surface area contributed by atoms with Crippen molar-refractivity contribution in [3.63, 3.8) is 0 Å². The number of para-hydroxylation sites is 2. The van der Waals surface area contributed by atoms with E-state index < -0.39 is 0 Å². The van der Waals surface area contributed by atoms with Crippen molar-refractivity contribution in [2.75, 3.05) is 0 Å². The Hall–Kier alpha value is -4.04.